The third-order valence-electron chi connectivity index (χ3n) is 4.68. The number of halogens is 6. The summed E-state index contributed by atoms with van der Waals surface area (Å²) in [5.41, 5.74) is 3.37. The summed E-state index contributed by atoms with van der Waals surface area (Å²) in [6.07, 6.45) is -3.16. The molecule has 12 heteroatoms. The molecule has 1 atom stereocenters. The van der Waals surface area contributed by atoms with Crippen molar-refractivity contribution in [3.8, 4) is 0 Å². The van der Waals surface area contributed by atoms with Crippen LogP contribution in [-0.4, -0.2) is 42.5 Å². The van der Waals surface area contributed by atoms with Crippen molar-refractivity contribution in [1.82, 2.24) is 5.32 Å². The number of hydrogen-bond acceptors (Lipinski definition) is 4. The Balaban J connectivity index is 2.33. The lowest BCUT2D eigenvalue weighted by Gasteiger charge is -2.19. The summed E-state index contributed by atoms with van der Waals surface area (Å²) in [6.45, 7) is -0.480. The standard InChI is InChI=1S/C21H19Cl2F4N3O3/c1-29-18(21(25,26)27)17(16(28)7-10-2-5-13(22)14(23)6-10)19(31)30-9-12-4-3-11(20(32)33)8-15(12)24/h2,4-6,8,11H,3,7,9,28H2,1H3,(H,30,31)(H,32,33). The molecule has 1 aromatic carbocycles. The zero-order chi connectivity index (χ0) is 24.9. The van der Waals surface area contributed by atoms with Crippen molar-refractivity contribution >= 4 is 40.8 Å². The van der Waals surface area contributed by atoms with Gasteiger partial charge in [-0.2, -0.15) is 13.2 Å². The van der Waals surface area contributed by atoms with Gasteiger partial charge in [-0.3, -0.25) is 14.6 Å². The van der Waals surface area contributed by atoms with Gasteiger partial charge in [0.2, 0.25) is 0 Å². The number of carbonyl (C=O) groups is 2. The summed E-state index contributed by atoms with van der Waals surface area (Å²) in [5.74, 6) is -4.40. The summed E-state index contributed by atoms with van der Waals surface area (Å²) in [4.78, 5) is 26.9. The number of hydrogen-bond donors (Lipinski definition) is 3. The summed E-state index contributed by atoms with van der Waals surface area (Å²) < 4.78 is 54.8. The number of carboxylic acid groups (broad SMARTS) is 1. The zero-order valence-corrected chi connectivity index (χ0v) is 18.7. The first kappa shape index (κ1) is 26.4. The maximum absolute atomic E-state index is 14.2. The van der Waals surface area contributed by atoms with Crippen molar-refractivity contribution in [2.45, 2.75) is 19.0 Å². The highest BCUT2D eigenvalue weighted by molar-refractivity contribution is 6.42. The number of nitrogens with zero attached hydrogens (tertiary/aromatic N) is 1. The van der Waals surface area contributed by atoms with E-state index in [-0.39, 0.29) is 28.5 Å². The number of nitrogens with two attached hydrogens (primary N) is 1. The van der Waals surface area contributed by atoms with Gasteiger partial charge in [0.15, 0.2) is 5.71 Å². The van der Waals surface area contributed by atoms with Crippen molar-refractivity contribution in [2.75, 3.05) is 13.6 Å². The minimum Gasteiger partial charge on any atom is -0.481 e. The van der Waals surface area contributed by atoms with E-state index in [1.807, 2.05) is 0 Å². The number of rotatable bonds is 7. The smallest absolute Gasteiger partial charge is 0.433 e. The predicted octanol–water partition coefficient (Wildman–Crippen LogP) is 4.38. The van der Waals surface area contributed by atoms with Gasteiger partial charge >= 0.3 is 12.1 Å². The number of carbonyl (C=O) groups excluding carboxylic acids is 1. The van der Waals surface area contributed by atoms with Crippen LogP contribution in [0, 0.1) is 5.92 Å². The van der Waals surface area contributed by atoms with Gasteiger partial charge in [-0.25, -0.2) is 4.39 Å². The molecule has 0 saturated heterocycles. The minimum atomic E-state index is -4.99. The monoisotopic (exact) mass is 507 g/mol. The maximum Gasteiger partial charge on any atom is 0.433 e. The summed E-state index contributed by atoms with van der Waals surface area (Å²) in [6, 6.07) is 4.31. The van der Waals surface area contributed by atoms with E-state index in [9.17, 15) is 27.2 Å². The molecule has 2 rings (SSSR count). The second-order valence-electron chi connectivity index (χ2n) is 7.00. The van der Waals surface area contributed by atoms with Gasteiger partial charge < -0.3 is 16.2 Å². The van der Waals surface area contributed by atoms with Gasteiger partial charge in [0.05, 0.1) is 21.5 Å². The second kappa shape index (κ2) is 10.8. The summed E-state index contributed by atoms with van der Waals surface area (Å²) in [5, 5.41) is 11.5. The van der Waals surface area contributed by atoms with Gasteiger partial charge in [-0.1, -0.05) is 35.3 Å². The van der Waals surface area contributed by atoms with E-state index in [0.29, 0.717) is 5.56 Å². The Hall–Kier alpha value is -2.85. The van der Waals surface area contributed by atoms with Crippen molar-refractivity contribution in [3.63, 3.8) is 0 Å². The van der Waals surface area contributed by atoms with Crippen LogP contribution in [0.5, 0.6) is 0 Å². The molecule has 0 saturated carbocycles. The van der Waals surface area contributed by atoms with E-state index in [1.165, 1.54) is 24.3 Å². The Bertz CT molecular complexity index is 1080. The molecule has 0 radical (unpaired) electrons. The largest absolute Gasteiger partial charge is 0.481 e. The summed E-state index contributed by atoms with van der Waals surface area (Å²) in [7, 11) is 0.862. The van der Waals surface area contributed by atoms with E-state index in [4.69, 9.17) is 34.0 Å². The van der Waals surface area contributed by atoms with E-state index < -0.39 is 53.3 Å². The Morgan fingerprint density at radius 3 is 2.45 bits per heavy atom. The molecular weight excluding hydrogens is 489 g/mol. The van der Waals surface area contributed by atoms with Crippen LogP contribution in [0.25, 0.3) is 0 Å². The lowest BCUT2D eigenvalue weighted by atomic mass is 9.95. The highest BCUT2D eigenvalue weighted by atomic mass is 35.5. The molecule has 0 aliphatic heterocycles. The molecule has 0 aromatic heterocycles. The number of amides is 1. The molecule has 6 nitrogen and oxygen atoms in total. The van der Waals surface area contributed by atoms with Crippen LogP contribution < -0.4 is 11.1 Å². The molecule has 0 spiro atoms. The molecule has 1 aliphatic carbocycles. The van der Waals surface area contributed by atoms with Crippen LogP contribution in [0.3, 0.4) is 0 Å². The van der Waals surface area contributed by atoms with Crippen LogP contribution in [0.1, 0.15) is 12.0 Å². The molecular formula is C21H19Cl2F4N3O3. The van der Waals surface area contributed by atoms with Gasteiger partial charge in [0, 0.05) is 31.3 Å². The molecule has 1 amide bonds. The lowest BCUT2D eigenvalue weighted by Crippen LogP contribution is -2.38. The topological polar surface area (TPSA) is 105 Å². The van der Waals surface area contributed by atoms with Crippen LogP contribution in [-0.2, 0) is 16.0 Å². The van der Waals surface area contributed by atoms with Gasteiger partial charge in [-0.05, 0) is 30.2 Å². The maximum atomic E-state index is 14.2. The van der Waals surface area contributed by atoms with Gasteiger partial charge in [-0.15, -0.1) is 0 Å². The number of allylic oxidation sites excluding steroid dienone is 2. The Morgan fingerprint density at radius 1 is 1.27 bits per heavy atom. The number of benzene rings is 1. The highest BCUT2D eigenvalue weighted by Crippen LogP contribution is 2.27. The Morgan fingerprint density at radius 2 is 1.94 bits per heavy atom. The first-order chi connectivity index (χ1) is 15.3. The van der Waals surface area contributed by atoms with Crippen LogP contribution in [0.4, 0.5) is 17.6 Å². The first-order valence-corrected chi connectivity index (χ1v) is 10.1. The van der Waals surface area contributed by atoms with Gasteiger partial charge in [0.1, 0.15) is 5.83 Å². The highest BCUT2D eigenvalue weighted by Gasteiger charge is 2.41. The summed E-state index contributed by atoms with van der Waals surface area (Å²) >= 11 is 11.8. The third kappa shape index (κ3) is 6.82. The minimum absolute atomic E-state index is 0.0274. The fourth-order valence-electron chi connectivity index (χ4n) is 3.05. The van der Waals surface area contributed by atoms with Crippen molar-refractivity contribution in [2.24, 2.45) is 16.6 Å². The van der Waals surface area contributed by atoms with Crippen LogP contribution in [0.15, 0.2) is 58.0 Å². The zero-order valence-electron chi connectivity index (χ0n) is 17.1. The third-order valence-corrected chi connectivity index (χ3v) is 5.42. The molecule has 0 heterocycles. The predicted molar refractivity (Wildman–Crippen MR) is 117 cm³/mol. The number of aliphatic carboxylic acids is 1. The molecule has 0 bridgehead atoms. The average molecular weight is 508 g/mol. The molecule has 1 aromatic rings. The fraction of sp³-hybridized carbons (Fsp3) is 0.286. The number of carboxylic acids is 1. The van der Waals surface area contributed by atoms with E-state index in [2.05, 4.69) is 10.3 Å². The van der Waals surface area contributed by atoms with Crippen molar-refractivity contribution < 1.29 is 32.3 Å². The second-order valence-corrected chi connectivity index (χ2v) is 7.82. The molecule has 178 valence electrons. The number of aliphatic imine (C=N–C) groups is 1. The van der Waals surface area contributed by atoms with E-state index >= 15 is 0 Å². The van der Waals surface area contributed by atoms with Gasteiger partial charge in [0.25, 0.3) is 5.91 Å². The molecule has 4 N–H and O–H groups in total. The molecule has 0 fully saturated rings. The SMILES string of the molecule is CN=C(C(C(=O)NCC1=CCC(C(=O)O)C=C1F)=C(N)Cc1ccc(Cl)c(Cl)c1)C(F)(F)F. The Labute approximate surface area is 196 Å². The molecule has 1 unspecified atom stereocenters. The van der Waals surface area contributed by atoms with Crippen LogP contribution >= 0.6 is 23.2 Å². The Kier molecular flexibility index (Phi) is 8.68. The fourth-order valence-corrected chi connectivity index (χ4v) is 3.38. The normalized spacial score (nSPS) is 17.7. The average Bonchev–Trinajstić information content (AvgIpc) is 2.72. The molecule has 33 heavy (non-hydrogen) atoms. The van der Waals surface area contributed by atoms with E-state index in [0.717, 1.165) is 13.1 Å². The van der Waals surface area contributed by atoms with Crippen LogP contribution in [0.2, 0.25) is 10.0 Å². The van der Waals surface area contributed by atoms with E-state index in [1.54, 1.807) is 0 Å². The number of alkyl halides is 3. The quantitative estimate of drug-likeness (QED) is 0.289. The first-order valence-electron chi connectivity index (χ1n) is 9.39. The molecule has 1 aliphatic rings. The van der Waals surface area contributed by atoms with Crippen molar-refractivity contribution in [3.05, 3.63) is 68.6 Å². The lowest BCUT2D eigenvalue weighted by molar-refractivity contribution is -0.140. The van der Waals surface area contributed by atoms with Crippen molar-refractivity contribution in [1.29, 1.82) is 0 Å². The number of nitrogens with one attached hydrogen (secondary N) is 1.